The summed E-state index contributed by atoms with van der Waals surface area (Å²) in [5, 5.41) is 3.53. The molecule has 70 valence electrons. The summed E-state index contributed by atoms with van der Waals surface area (Å²) < 4.78 is 5.64. The number of ether oxygens (including phenoxy) is 1. The number of nitroso groups, excluding NO2 is 1. The molecule has 0 aromatic carbocycles. The lowest BCUT2D eigenvalue weighted by atomic mass is 10.1. The highest BCUT2D eigenvalue weighted by Gasteiger charge is 2.26. The minimum absolute atomic E-state index is 0.183. The van der Waals surface area contributed by atoms with Crippen LogP contribution in [0.4, 0.5) is 0 Å². The van der Waals surface area contributed by atoms with E-state index in [1.54, 1.807) is 0 Å². The maximum atomic E-state index is 9.89. The second-order valence-electron chi connectivity index (χ2n) is 3.63. The largest absolute Gasteiger partial charge is 0.374 e. The van der Waals surface area contributed by atoms with E-state index in [1.165, 1.54) is 5.75 Å². The van der Waals surface area contributed by atoms with Gasteiger partial charge in [0.1, 0.15) is 0 Å². The Bertz CT molecular complexity index is 157. The smallest absolute Gasteiger partial charge is 0.0838 e. The van der Waals surface area contributed by atoms with Gasteiger partial charge in [-0.1, -0.05) is 5.18 Å². The van der Waals surface area contributed by atoms with Gasteiger partial charge in [-0.15, -0.1) is 0 Å². The average Bonchev–Trinajstić information content (AvgIpc) is 2.81. The second kappa shape index (κ2) is 4.23. The van der Waals surface area contributed by atoms with Crippen LogP contribution in [0.25, 0.3) is 0 Å². The summed E-state index contributed by atoms with van der Waals surface area (Å²) in [6.07, 6.45) is 0.716. The van der Waals surface area contributed by atoms with Gasteiger partial charge < -0.3 is 4.74 Å². The Kier molecular flexibility index (Phi) is 3.53. The number of hydrogen-bond acceptors (Lipinski definition) is 4. The average molecular weight is 189 g/mol. The van der Waals surface area contributed by atoms with Crippen molar-refractivity contribution in [2.24, 2.45) is 5.18 Å². The number of hydrogen-bond donors (Lipinski definition) is 0. The molecule has 0 amide bonds. The Morgan fingerprint density at radius 1 is 1.67 bits per heavy atom. The first kappa shape index (κ1) is 9.99. The van der Waals surface area contributed by atoms with Gasteiger partial charge in [0.15, 0.2) is 0 Å². The third-order valence-corrected chi connectivity index (χ3v) is 2.81. The van der Waals surface area contributed by atoms with Gasteiger partial charge in [0, 0.05) is 11.0 Å². The van der Waals surface area contributed by atoms with Gasteiger partial charge in [-0.05, 0) is 20.3 Å². The van der Waals surface area contributed by atoms with Crippen LogP contribution < -0.4 is 0 Å². The van der Waals surface area contributed by atoms with Crippen molar-refractivity contribution in [2.75, 3.05) is 18.9 Å². The third kappa shape index (κ3) is 4.07. The lowest BCUT2D eigenvalue weighted by Gasteiger charge is -2.23. The summed E-state index contributed by atoms with van der Waals surface area (Å²) in [5.74, 6) is 1.22. The SMILES string of the molecule is CC(C)(CCN=O)OCC1CS1. The topological polar surface area (TPSA) is 38.7 Å². The van der Waals surface area contributed by atoms with Crippen molar-refractivity contribution in [2.45, 2.75) is 31.1 Å². The van der Waals surface area contributed by atoms with Gasteiger partial charge in [-0.3, -0.25) is 0 Å². The van der Waals surface area contributed by atoms with E-state index >= 15 is 0 Å². The lowest BCUT2D eigenvalue weighted by molar-refractivity contribution is -0.0171. The summed E-state index contributed by atoms with van der Waals surface area (Å²) in [7, 11) is 0. The number of thioether (sulfide) groups is 1. The van der Waals surface area contributed by atoms with Gasteiger partial charge in [-0.2, -0.15) is 16.7 Å². The molecule has 0 N–H and O–H groups in total. The van der Waals surface area contributed by atoms with Crippen LogP contribution in [0.2, 0.25) is 0 Å². The van der Waals surface area contributed by atoms with Crippen LogP contribution in [0.15, 0.2) is 5.18 Å². The fraction of sp³-hybridized carbons (Fsp3) is 1.00. The van der Waals surface area contributed by atoms with Gasteiger partial charge in [0.25, 0.3) is 0 Å². The first-order chi connectivity index (χ1) is 5.64. The highest BCUT2D eigenvalue weighted by Crippen LogP contribution is 2.31. The van der Waals surface area contributed by atoms with Crippen molar-refractivity contribution in [3.63, 3.8) is 0 Å². The van der Waals surface area contributed by atoms with E-state index in [9.17, 15) is 4.91 Å². The molecule has 3 nitrogen and oxygen atoms in total. The zero-order valence-corrected chi connectivity index (χ0v) is 8.39. The Morgan fingerprint density at radius 3 is 2.83 bits per heavy atom. The van der Waals surface area contributed by atoms with E-state index in [-0.39, 0.29) is 5.60 Å². The number of nitrogens with zero attached hydrogens (tertiary/aromatic N) is 1. The van der Waals surface area contributed by atoms with Crippen LogP contribution in [-0.4, -0.2) is 29.8 Å². The first-order valence-electron chi connectivity index (χ1n) is 4.19. The molecule has 0 aromatic rings. The molecule has 1 unspecified atom stereocenters. The Hall–Kier alpha value is -0.0900. The molecule has 1 aliphatic rings. The normalized spacial score (nSPS) is 22.3. The minimum atomic E-state index is -0.183. The zero-order valence-electron chi connectivity index (χ0n) is 7.58. The summed E-state index contributed by atoms with van der Waals surface area (Å²) in [6, 6.07) is 0. The minimum Gasteiger partial charge on any atom is -0.374 e. The van der Waals surface area contributed by atoms with Crippen molar-refractivity contribution in [3.8, 4) is 0 Å². The zero-order chi connectivity index (χ0) is 9.03. The van der Waals surface area contributed by atoms with Gasteiger partial charge in [-0.25, -0.2) is 0 Å². The van der Waals surface area contributed by atoms with Crippen molar-refractivity contribution in [1.29, 1.82) is 0 Å². The summed E-state index contributed by atoms with van der Waals surface area (Å²) in [6.45, 7) is 5.18. The predicted molar refractivity (Wildman–Crippen MR) is 51.6 cm³/mol. The highest BCUT2D eigenvalue weighted by molar-refractivity contribution is 8.06. The van der Waals surface area contributed by atoms with Crippen LogP contribution in [0, 0.1) is 4.91 Å². The molecular formula is C8H15NO2S. The standard InChI is InChI=1S/C8H15NO2S/c1-8(2,3-4-9-10)11-5-7-6-12-7/h7H,3-6H2,1-2H3. The van der Waals surface area contributed by atoms with E-state index in [0.717, 1.165) is 6.61 Å². The van der Waals surface area contributed by atoms with Gasteiger partial charge in [0.2, 0.25) is 0 Å². The van der Waals surface area contributed by atoms with Crippen LogP contribution in [0.3, 0.4) is 0 Å². The Balaban J connectivity index is 2.11. The molecule has 1 fully saturated rings. The van der Waals surface area contributed by atoms with Crippen LogP contribution in [-0.2, 0) is 4.74 Å². The molecule has 0 saturated carbocycles. The molecule has 1 saturated heterocycles. The molecular weight excluding hydrogens is 174 g/mol. The van der Waals surface area contributed by atoms with Crippen molar-refractivity contribution >= 4 is 11.8 Å². The molecule has 0 radical (unpaired) electrons. The fourth-order valence-corrected chi connectivity index (χ4v) is 1.27. The molecule has 1 heterocycles. The van der Waals surface area contributed by atoms with E-state index in [2.05, 4.69) is 5.18 Å². The van der Waals surface area contributed by atoms with Crippen LogP contribution in [0.1, 0.15) is 20.3 Å². The van der Waals surface area contributed by atoms with E-state index in [0.29, 0.717) is 18.2 Å². The maximum absolute atomic E-state index is 9.89. The highest BCUT2D eigenvalue weighted by atomic mass is 32.2. The van der Waals surface area contributed by atoms with Crippen molar-refractivity contribution in [1.82, 2.24) is 0 Å². The van der Waals surface area contributed by atoms with E-state index < -0.39 is 0 Å². The molecule has 4 heteroatoms. The Labute approximate surface area is 77.2 Å². The third-order valence-electron chi connectivity index (χ3n) is 1.87. The van der Waals surface area contributed by atoms with E-state index in [1.807, 2.05) is 25.6 Å². The van der Waals surface area contributed by atoms with Crippen LogP contribution in [0.5, 0.6) is 0 Å². The van der Waals surface area contributed by atoms with Gasteiger partial charge >= 0.3 is 0 Å². The lowest BCUT2D eigenvalue weighted by Crippen LogP contribution is -2.27. The molecule has 12 heavy (non-hydrogen) atoms. The molecule has 1 atom stereocenters. The Morgan fingerprint density at radius 2 is 2.33 bits per heavy atom. The summed E-state index contributed by atoms with van der Waals surface area (Å²) >= 11 is 1.92. The molecule has 0 aliphatic carbocycles. The quantitative estimate of drug-likeness (QED) is 0.474. The first-order valence-corrected chi connectivity index (χ1v) is 5.23. The summed E-state index contributed by atoms with van der Waals surface area (Å²) in [5.41, 5.74) is -0.183. The van der Waals surface area contributed by atoms with E-state index in [4.69, 9.17) is 4.74 Å². The molecule has 0 aromatic heterocycles. The molecule has 1 rings (SSSR count). The molecule has 0 spiro atoms. The molecule has 0 bridgehead atoms. The maximum Gasteiger partial charge on any atom is 0.0838 e. The number of rotatable bonds is 6. The molecule has 1 aliphatic heterocycles. The fourth-order valence-electron chi connectivity index (χ4n) is 0.870. The van der Waals surface area contributed by atoms with Crippen molar-refractivity contribution in [3.05, 3.63) is 4.91 Å². The monoisotopic (exact) mass is 189 g/mol. The summed E-state index contributed by atoms with van der Waals surface area (Å²) in [4.78, 5) is 9.89. The van der Waals surface area contributed by atoms with Crippen molar-refractivity contribution < 1.29 is 4.74 Å². The van der Waals surface area contributed by atoms with Gasteiger partial charge in [0.05, 0.1) is 18.8 Å². The van der Waals surface area contributed by atoms with Crippen LogP contribution >= 0.6 is 11.8 Å². The second-order valence-corrected chi connectivity index (χ2v) is 4.96. The predicted octanol–water partition coefficient (Wildman–Crippen LogP) is 2.05.